The van der Waals surface area contributed by atoms with Gasteiger partial charge in [0.2, 0.25) is 0 Å². The Labute approximate surface area is 87.5 Å². The van der Waals surface area contributed by atoms with Crippen molar-refractivity contribution < 1.29 is 4.74 Å². The van der Waals surface area contributed by atoms with Gasteiger partial charge in [-0.05, 0) is 12.1 Å². The molecule has 0 saturated heterocycles. The van der Waals surface area contributed by atoms with E-state index in [1.165, 1.54) is 0 Å². The van der Waals surface area contributed by atoms with Crippen molar-refractivity contribution in [1.29, 1.82) is 0 Å². The van der Waals surface area contributed by atoms with Gasteiger partial charge in [0.15, 0.2) is 0 Å². The molecule has 0 spiro atoms. The summed E-state index contributed by atoms with van der Waals surface area (Å²) in [5, 5.41) is 7.49. The molecule has 2 N–H and O–H groups in total. The number of ether oxygens (including phenoxy) is 1. The molecule has 0 unspecified atom stereocenters. The molecular weight excluding hydrogens is 192 g/mol. The maximum absolute atomic E-state index is 5.41. The van der Waals surface area contributed by atoms with Gasteiger partial charge in [-0.15, -0.1) is 10.2 Å². The lowest BCUT2D eigenvalue weighted by molar-refractivity contribution is 0.328. The van der Waals surface area contributed by atoms with E-state index in [0.717, 1.165) is 11.4 Å². The maximum atomic E-state index is 5.41. The van der Waals surface area contributed by atoms with Gasteiger partial charge in [0, 0.05) is 12.6 Å². The van der Waals surface area contributed by atoms with Crippen LogP contribution in [-0.4, -0.2) is 27.9 Å². The number of hydrogen-bond acceptors (Lipinski definition) is 4. The Hall–Kier alpha value is -1.88. The van der Waals surface area contributed by atoms with Gasteiger partial charge in [-0.25, -0.2) is 0 Å². The molecule has 0 radical (unpaired) electrons. The van der Waals surface area contributed by atoms with Gasteiger partial charge in [-0.3, -0.25) is 4.57 Å². The van der Waals surface area contributed by atoms with Crippen molar-refractivity contribution in [2.75, 3.05) is 13.2 Å². The number of rotatable bonds is 4. The van der Waals surface area contributed by atoms with Crippen molar-refractivity contribution in [2.24, 2.45) is 5.73 Å². The Morgan fingerprint density at radius 3 is 2.80 bits per heavy atom. The maximum Gasteiger partial charge on any atom is 0.123 e. The summed E-state index contributed by atoms with van der Waals surface area (Å²) in [6, 6.07) is 7.68. The van der Waals surface area contributed by atoms with Crippen molar-refractivity contribution in [3.8, 4) is 11.4 Å². The molecule has 1 heterocycles. The first-order chi connectivity index (χ1) is 7.40. The highest BCUT2D eigenvalue weighted by Crippen LogP contribution is 2.15. The molecule has 0 saturated carbocycles. The second kappa shape index (κ2) is 4.56. The highest BCUT2D eigenvalue weighted by molar-refractivity contribution is 5.38. The fourth-order valence-electron chi connectivity index (χ4n) is 1.24. The predicted molar refractivity (Wildman–Crippen MR) is 55.9 cm³/mol. The third kappa shape index (κ3) is 2.32. The standard InChI is InChI=1S/C10H12N4O/c11-4-5-15-10-3-1-2-9(6-10)14-7-12-13-8-14/h1-3,6-8H,4-5,11H2. The Balaban J connectivity index is 2.19. The zero-order valence-corrected chi connectivity index (χ0v) is 8.21. The normalized spacial score (nSPS) is 10.2. The quantitative estimate of drug-likeness (QED) is 0.792. The molecule has 0 aliphatic carbocycles. The summed E-state index contributed by atoms with van der Waals surface area (Å²) in [5.74, 6) is 0.798. The van der Waals surface area contributed by atoms with E-state index in [9.17, 15) is 0 Å². The van der Waals surface area contributed by atoms with E-state index in [4.69, 9.17) is 10.5 Å². The van der Waals surface area contributed by atoms with Crippen LogP contribution in [0.5, 0.6) is 5.75 Å². The van der Waals surface area contributed by atoms with Crippen LogP contribution in [0.1, 0.15) is 0 Å². The van der Waals surface area contributed by atoms with Gasteiger partial charge in [-0.2, -0.15) is 0 Å². The lowest BCUT2D eigenvalue weighted by atomic mass is 10.3. The van der Waals surface area contributed by atoms with E-state index < -0.39 is 0 Å². The van der Waals surface area contributed by atoms with Gasteiger partial charge in [0.25, 0.3) is 0 Å². The van der Waals surface area contributed by atoms with Crippen LogP contribution in [0.2, 0.25) is 0 Å². The van der Waals surface area contributed by atoms with Crippen molar-refractivity contribution in [2.45, 2.75) is 0 Å². The number of nitrogens with two attached hydrogens (primary N) is 1. The van der Waals surface area contributed by atoms with Crippen LogP contribution in [0.4, 0.5) is 0 Å². The highest BCUT2D eigenvalue weighted by Gasteiger charge is 1.98. The lowest BCUT2D eigenvalue weighted by Crippen LogP contribution is -2.10. The third-order valence-corrected chi connectivity index (χ3v) is 1.92. The first kappa shape index (κ1) is 9.67. The summed E-state index contributed by atoms with van der Waals surface area (Å²) in [5.41, 5.74) is 6.33. The third-order valence-electron chi connectivity index (χ3n) is 1.92. The molecule has 15 heavy (non-hydrogen) atoms. The molecule has 78 valence electrons. The monoisotopic (exact) mass is 204 g/mol. The van der Waals surface area contributed by atoms with Crippen LogP contribution >= 0.6 is 0 Å². The minimum Gasteiger partial charge on any atom is -0.492 e. The van der Waals surface area contributed by atoms with Gasteiger partial charge in [0.1, 0.15) is 25.0 Å². The summed E-state index contributed by atoms with van der Waals surface area (Å²) < 4.78 is 7.23. The molecule has 2 aromatic rings. The minimum absolute atomic E-state index is 0.511. The minimum atomic E-state index is 0.511. The van der Waals surface area contributed by atoms with Crippen molar-refractivity contribution >= 4 is 0 Å². The molecule has 0 amide bonds. The van der Waals surface area contributed by atoms with E-state index in [0.29, 0.717) is 13.2 Å². The van der Waals surface area contributed by atoms with Gasteiger partial charge >= 0.3 is 0 Å². The largest absolute Gasteiger partial charge is 0.492 e. The topological polar surface area (TPSA) is 66.0 Å². The van der Waals surface area contributed by atoms with Crippen LogP contribution in [0, 0.1) is 0 Å². The van der Waals surface area contributed by atoms with Gasteiger partial charge in [-0.1, -0.05) is 6.07 Å². The Kier molecular flexibility index (Phi) is 2.94. The van der Waals surface area contributed by atoms with E-state index in [1.807, 2.05) is 28.8 Å². The van der Waals surface area contributed by atoms with Crippen molar-refractivity contribution in [3.05, 3.63) is 36.9 Å². The smallest absolute Gasteiger partial charge is 0.123 e. The summed E-state index contributed by atoms with van der Waals surface area (Å²) in [6.07, 6.45) is 3.28. The SMILES string of the molecule is NCCOc1cccc(-n2cnnc2)c1. The molecule has 0 atom stereocenters. The second-order valence-electron chi connectivity index (χ2n) is 3.00. The molecule has 0 aliphatic rings. The zero-order valence-electron chi connectivity index (χ0n) is 8.21. The molecule has 0 aliphatic heterocycles. The molecule has 5 heteroatoms. The van der Waals surface area contributed by atoms with E-state index in [2.05, 4.69) is 10.2 Å². The summed E-state index contributed by atoms with van der Waals surface area (Å²) in [4.78, 5) is 0. The summed E-state index contributed by atoms with van der Waals surface area (Å²) >= 11 is 0. The lowest BCUT2D eigenvalue weighted by Gasteiger charge is -2.06. The Bertz CT molecular complexity index is 413. The van der Waals surface area contributed by atoms with Crippen LogP contribution in [0.15, 0.2) is 36.9 Å². The molecule has 2 rings (SSSR count). The molecule has 0 fully saturated rings. The summed E-state index contributed by atoms with van der Waals surface area (Å²) in [6.45, 7) is 1.03. The fraction of sp³-hybridized carbons (Fsp3) is 0.200. The number of benzene rings is 1. The van der Waals surface area contributed by atoms with Gasteiger partial charge in [0.05, 0.1) is 5.69 Å². The zero-order chi connectivity index (χ0) is 10.5. The number of nitrogens with zero attached hydrogens (tertiary/aromatic N) is 3. The fourth-order valence-corrected chi connectivity index (χ4v) is 1.24. The predicted octanol–water partition coefficient (Wildman–Crippen LogP) is 0.605. The average molecular weight is 204 g/mol. The molecular formula is C10H12N4O. The van der Waals surface area contributed by atoms with E-state index in [-0.39, 0.29) is 0 Å². The van der Waals surface area contributed by atoms with E-state index in [1.54, 1.807) is 12.7 Å². The molecule has 5 nitrogen and oxygen atoms in total. The average Bonchev–Trinajstić information content (AvgIpc) is 2.80. The van der Waals surface area contributed by atoms with Crippen LogP contribution < -0.4 is 10.5 Å². The number of aromatic nitrogens is 3. The van der Waals surface area contributed by atoms with Crippen LogP contribution in [0.25, 0.3) is 5.69 Å². The highest BCUT2D eigenvalue weighted by atomic mass is 16.5. The van der Waals surface area contributed by atoms with Crippen molar-refractivity contribution in [3.63, 3.8) is 0 Å². The second-order valence-corrected chi connectivity index (χ2v) is 3.00. The van der Waals surface area contributed by atoms with E-state index >= 15 is 0 Å². The summed E-state index contributed by atoms with van der Waals surface area (Å²) in [7, 11) is 0. The van der Waals surface area contributed by atoms with Gasteiger partial charge < -0.3 is 10.5 Å². The molecule has 1 aromatic heterocycles. The Morgan fingerprint density at radius 1 is 1.27 bits per heavy atom. The Morgan fingerprint density at radius 2 is 2.07 bits per heavy atom. The molecule has 1 aromatic carbocycles. The first-order valence-corrected chi connectivity index (χ1v) is 4.68. The van der Waals surface area contributed by atoms with Crippen LogP contribution in [-0.2, 0) is 0 Å². The first-order valence-electron chi connectivity index (χ1n) is 4.68. The van der Waals surface area contributed by atoms with Crippen LogP contribution in [0.3, 0.4) is 0 Å². The number of hydrogen-bond donors (Lipinski definition) is 1. The van der Waals surface area contributed by atoms with Crippen molar-refractivity contribution in [1.82, 2.24) is 14.8 Å². The molecule has 0 bridgehead atoms.